The Bertz CT molecular complexity index is 529. The molecule has 106 valence electrons. The van der Waals surface area contributed by atoms with Crippen LogP contribution >= 0.6 is 0 Å². The molecule has 1 aromatic rings. The molecule has 0 saturated carbocycles. The summed E-state index contributed by atoms with van der Waals surface area (Å²) in [6.07, 6.45) is 4.17. The van der Waals surface area contributed by atoms with Crippen molar-refractivity contribution in [2.24, 2.45) is 10.7 Å². The number of nitrogen functional groups attached to an aromatic ring is 1. The molecule has 0 atom stereocenters. The van der Waals surface area contributed by atoms with Crippen LogP contribution in [-0.2, 0) is 11.3 Å². The number of carbonyl (C=O) groups excluding carboxylic acids is 1. The number of nitrogens with one attached hydrogen (secondary N) is 2. The van der Waals surface area contributed by atoms with Crippen LogP contribution < -0.4 is 11.1 Å². The average Bonchev–Trinajstić information content (AvgIpc) is 2.46. The van der Waals surface area contributed by atoms with Gasteiger partial charge in [-0.3, -0.25) is 15.2 Å². The lowest BCUT2D eigenvalue weighted by Gasteiger charge is -2.06. The molecule has 0 spiro atoms. The second-order valence-corrected chi connectivity index (χ2v) is 4.19. The third-order valence-electron chi connectivity index (χ3n) is 2.64. The number of aliphatic imine (C=N–C) groups is 1. The number of hydrogen-bond acceptors (Lipinski definition) is 3. The summed E-state index contributed by atoms with van der Waals surface area (Å²) in [6, 6.07) is 7.19. The molecule has 5 heteroatoms. The standard InChI is InChI=1S/C15H20N4O/c1-3-9-18-13(4-2)15(20)19-10-11-5-7-12(8-6-11)14(16)17/h4-9H,3,10H2,1-2H3,(H3,16,17)(H,19,20)/b13-4-,18-9?. The summed E-state index contributed by atoms with van der Waals surface area (Å²) in [5.41, 5.74) is 7.40. The molecule has 0 bridgehead atoms. The maximum absolute atomic E-state index is 11.9. The fraction of sp³-hybridized carbons (Fsp3) is 0.267. The lowest BCUT2D eigenvalue weighted by Crippen LogP contribution is -2.24. The summed E-state index contributed by atoms with van der Waals surface area (Å²) in [6.45, 7) is 4.16. The Kier molecular flexibility index (Phi) is 6.16. The van der Waals surface area contributed by atoms with Gasteiger partial charge >= 0.3 is 0 Å². The molecule has 0 aliphatic carbocycles. The highest BCUT2D eigenvalue weighted by Crippen LogP contribution is 2.04. The molecule has 0 aromatic heterocycles. The Hall–Kier alpha value is -2.43. The molecular weight excluding hydrogens is 252 g/mol. The molecule has 0 saturated heterocycles. The van der Waals surface area contributed by atoms with Gasteiger partial charge in [0.25, 0.3) is 5.91 Å². The van der Waals surface area contributed by atoms with Crippen molar-refractivity contribution in [3.8, 4) is 0 Å². The Labute approximate surface area is 119 Å². The van der Waals surface area contributed by atoms with E-state index in [9.17, 15) is 4.79 Å². The Balaban J connectivity index is 2.60. The van der Waals surface area contributed by atoms with Crippen LogP contribution in [0.3, 0.4) is 0 Å². The van der Waals surface area contributed by atoms with Crippen LogP contribution in [0.25, 0.3) is 0 Å². The van der Waals surface area contributed by atoms with Gasteiger partial charge in [-0.25, -0.2) is 0 Å². The van der Waals surface area contributed by atoms with E-state index in [-0.39, 0.29) is 11.7 Å². The molecule has 0 radical (unpaired) electrons. The molecule has 0 fully saturated rings. The summed E-state index contributed by atoms with van der Waals surface area (Å²) >= 11 is 0. The highest BCUT2D eigenvalue weighted by Gasteiger charge is 2.06. The van der Waals surface area contributed by atoms with Crippen molar-refractivity contribution in [1.82, 2.24) is 5.32 Å². The first-order valence-electron chi connectivity index (χ1n) is 6.48. The summed E-state index contributed by atoms with van der Waals surface area (Å²) in [5, 5.41) is 10.1. The molecule has 4 N–H and O–H groups in total. The van der Waals surface area contributed by atoms with Gasteiger partial charge in [-0.1, -0.05) is 37.3 Å². The number of allylic oxidation sites excluding steroid dienone is 1. The highest BCUT2D eigenvalue weighted by atomic mass is 16.2. The number of hydrogen-bond donors (Lipinski definition) is 3. The molecular formula is C15H20N4O. The zero-order chi connectivity index (χ0) is 15.0. The third-order valence-corrected chi connectivity index (χ3v) is 2.64. The second kappa shape index (κ2) is 7.89. The first kappa shape index (κ1) is 15.6. The van der Waals surface area contributed by atoms with E-state index in [2.05, 4.69) is 10.3 Å². The van der Waals surface area contributed by atoms with E-state index in [1.165, 1.54) is 0 Å². The lowest BCUT2D eigenvalue weighted by atomic mass is 10.1. The Morgan fingerprint density at radius 3 is 2.55 bits per heavy atom. The van der Waals surface area contributed by atoms with E-state index in [4.69, 9.17) is 11.1 Å². The van der Waals surface area contributed by atoms with Gasteiger partial charge in [0.2, 0.25) is 0 Å². The summed E-state index contributed by atoms with van der Waals surface area (Å²) in [7, 11) is 0. The second-order valence-electron chi connectivity index (χ2n) is 4.19. The van der Waals surface area contributed by atoms with Crippen LogP contribution in [0.1, 0.15) is 31.4 Å². The minimum Gasteiger partial charge on any atom is -0.384 e. The van der Waals surface area contributed by atoms with E-state index in [0.717, 1.165) is 12.0 Å². The van der Waals surface area contributed by atoms with Crippen molar-refractivity contribution >= 4 is 18.0 Å². The number of nitrogens with two attached hydrogens (primary N) is 1. The van der Waals surface area contributed by atoms with Crippen molar-refractivity contribution in [1.29, 1.82) is 5.41 Å². The minimum absolute atomic E-state index is 0.0330. The van der Waals surface area contributed by atoms with Crippen LogP contribution in [0.4, 0.5) is 0 Å². The molecule has 0 heterocycles. The van der Waals surface area contributed by atoms with Crippen molar-refractivity contribution in [2.75, 3.05) is 0 Å². The number of rotatable bonds is 6. The van der Waals surface area contributed by atoms with Crippen LogP contribution in [0.15, 0.2) is 41.0 Å². The zero-order valence-corrected chi connectivity index (χ0v) is 11.8. The highest BCUT2D eigenvalue weighted by molar-refractivity contribution is 5.95. The Morgan fingerprint density at radius 2 is 2.05 bits per heavy atom. The van der Waals surface area contributed by atoms with Crippen molar-refractivity contribution < 1.29 is 4.79 Å². The number of carbonyl (C=O) groups is 1. The average molecular weight is 272 g/mol. The van der Waals surface area contributed by atoms with Gasteiger partial charge in [0, 0.05) is 18.3 Å². The monoisotopic (exact) mass is 272 g/mol. The minimum atomic E-state index is -0.201. The van der Waals surface area contributed by atoms with Crippen molar-refractivity contribution in [2.45, 2.75) is 26.8 Å². The van der Waals surface area contributed by atoms with Crippen LogP contribution in [0.5, 0.6) is 0 Å². The fourth-order valence-corrected chi connectivity index (χ4v) is 1.53. The van der Waals surface area contributed by atoms with Gasteiger partial charge in [0.15, 0.2) is 0 Å². The maximum Gasteiger partial charge on any atom is 0.269 e. The predicted octanol–water partition coefficient (Wildman–Crippen LogP) is 1.97. The van der Waals surface area contributed by atoms with Gasteiger partial charge in [-0.15, -0.1) is 0 Å². The third kappa shape index (κ3) is 4.68. The van der Waals surface area contributed by atoms with Gasteiger partial charge in [0.1, 0.15) is 11.5 Å². The van der Waals surface area contributed by atoms with Gasteiger partial charge in [-0.05, 0) is 18.9 Å². The fourth-order valence-electron chi connectivity index (χ4n) is 1.53. The molecule has 0 aliphatic heterocycles. The van der Waals surface area contributed by atoms with Crippen LogP contribution in [0.2, 0.25) is 0 Å². The summed E-state index contributed by atoms with van der Waals surface area (Å²) in [4.78, 5) is 16.0. The molecule has 0 aliphatic rings. The number of benzene rings is 1. The van der Waals surface area contributed by atoms with Crippen molar-refractivity contribution in [3.05, 3.63) is 47.2 Å². The van der Waals surface area contributed by atoms with E-state index in [1.807, 2.05) is 19.1 Å². The van der Waals surface area contributed by atoms with E-state index in [0.29, 0.717) is 17.8 Å². The summed E-state index contributed by atoms with van der Waals surface area (Å²) < 4.78 is 0. The lowest BCUT2D eigenvalue weighted by molar-refractivity contribution is -0.117. The number of amidine groups is 1. The van der Waals surface area contributed by atoms with Gasteiger partial charge in [-0.2, -0.15) is 0 Å². The van der Waals surface area contributed by atoms with Crippen molar-refractivity contribution in [3.63, 3.8) is 0 Å². The Morgan fingerprint density at radius 1 is 1.40 bits per heavy atom. The van der Waals surface area contributed by atoms with E-state index in [1.54, 1.807) is 31.3 Å². The smallest absolute Gasteiger partial charge is 0.269 e. The summed E-state index contributed by atoms with van der Waals surface area (Å²) in [5.74, 6) is -0.168. The normalized spacial score (nSPS) is 11.6. The SMILES string of the molecule is C/C=C(\N=CCC)C(=O)NCc1ccc(C(=N)N)cc1. The quantitative estimate of drug-likeness (QED) is 0.420. The molecule has 1 aromatic carbocycles. The molecule has 1 amide bonds. The molecule has 0 unspecified atom stereocenters. The molecule has 20 heavy (non-hydrogen) atoms. The largest absolute Gasteiger partial charge is 0.384 e. The van der Waals surface area contributed by atoms with Gasteiger partial charge < -0.3 is 11.1 Å². The van der Waals surface area contributed by atoms with Crippen LogP contribution in [0, 0.1) is 5.41 Å². The maximum atomic E-state index is 11.9. The number of nitrogens with zero attached hydrogens (tertiary/aromatic N) is 1. The predicted molar refractivity (Wildman–Crippen MR) is 81.8 cm³/mol. The van der Waals surface area contributed by atoms with Crippen LogP contribution in [-0.4, -0.2) is 18.0 Å². The first-order chi connectivity index (χ1) is 9.58. The zero-order valence-electron chi connectivity index (χ0n) is 11.8. The van der Waals surface area contributed by atoms with E-state index < -0.39 is 0 Å². The molecule has 5 nitrogen and oxygen atoms in total. The van der Waals surface area contributed by atoms with E-state index >= 15 is 0 Å². The molecule has 1 rings (SSSR count). The topological polar surface area (TPSA) is 91.3 Å². The number of amides is 1. The first-order valence-corrected chi connectivity index (χ1v) is 6.48. The van der Waals surface area contributed by atoms with Gasteiger partial charge in [0.05, 0.1) is 0 Å².